The zero-order chi connectivity index (χ0) is 29.3. The zero-order valence-corrected chi connectivity index (χ0v) is 27.8. The summed E-state index contributed by atoms with van der Waals surface area (Å²) >= 11 is 10.9. The first kappa shape index (κ1) is 29.5. The van der Waals surface area contributed by atoms with E-state index in [1.54, 1.807) is 12.3 Å². The monoisotopic (exact) mass is 739 g/mol. The van der Waals surface area contributed by atoms with Crippen molar-refractivity contribution in [3.05, 3.63) is 107 Å². The van der Waals surface area contributed by atoms with E-state index in [4.69, 9.17) is 14.5 Å². The Kier molecular flexibility index (Phi) is 8.68. The lowest BCUT2D eigenvalue weighted by Crippen LogP contribution is -2.29. The van der Waals surface area contributed by atoms with Crippen LogP contribution in [0.2, 0.25) is 0 Å². The molecule has 0 spiro atoms. The van der Waals surface area contributed by atoms with Crippen LogP contribution in [0.15, 0.2) is 90.0 Å². The average molecular weight is 742 g/mol. The molecule has 0 bridgehead atoms. The molecule has 0 fully saturated rings. The van der Waals surface area contributed by atoms with Gasteiger partial charge in [-0.15, -0.1) is 0 Å². The van der Waals surface area contributed by atoms with Gasteiger partial charge < -0.3 is 9.47 Å². The molecule has 0 aliphatic rings. The molecule has 9 heteroatoms. The third-order valence-corrected chi connectivity index (χ3v) is 9.14. The van der Waals surface area contributed by atoms with E-state index in [1.807, 2.05) is 64.1 Å². The van der Waals surface area contributed by atoms with Crippen LogP contribution >= 0.6 is 47.8 Å². The van der Waals surface area contributed by atoms with E-state index in [1.165, 1.54) is 4.68 Å². The van der Waals surface area contributed by atoms with Crippen molar-refractivity contribution >= 4 is 75.7 Å². The van der Waals surface area contributed by atoms with Gasteiger partial charge in [0.15, 0.2) is 11.5 Å². The smallest absolute Gasteiger partial charge is 0.282 e. The standard InChI is InChI=1S/C32H28Br3N3O3/c1-5-40-26-15-21(17-36-38-30(39)24-16-22(33)13-14-25(24)37-31(38)32(2,3)4)27(34)28(35)29(26)41-18-20-11-8-10-19-9-6-7-12-23(19)20/h6-17H,5,18H2,1-4H3. The fourth-order valence-electron chi connectivity index (χ4n) is 4.53. The molecule has 0 radical (unpaired) electrons. The molecule has 5 aromatic rings. The van der Waals surface area contributed by atoms with E-state index >= 15 is 0 Å². The first-order valence-electron chi connectivity index (χ1n) is 13.1. The van der Waals surface area contributed by atoms with Gasteiger partial charge in [-0.05, 0) is 79.4 Å². The lowest BCUT2D eigenvalue weighted by atomic mass is 9.95. The van der Waals surface area contributed by atoms with Gasteiger partial charge in [0, 0.05) is 19.9 Å². The predicted octanol–water partition coefficient (Wildman–Crippen LogP) is 8.99. The molecule has 0 saturated heterocycles. The van der Waals surface area contributed by atoms with Gasteiger partial charge in [-0.25, -0.2) is 4.98 Å². The topological polar surface area (TPSA) is 65.7 Å². The van der Waals surface area contributed by atoms with Crippen LogP contribution in [0.25, 0.3) is 21.7 Å². The Balaban J connectivity index is 1.55. The minimum absolute atomic E-state index is 0.243. The summed E-state index contributed by atoms with van der Waals surface area (Å²) in [7, 11) is 0. The highest BCUT2D eigenvalue weighted by atomic mass is 79.9. The number of benzene rings is 4. The Labute approximate surface area is 263 Å². The maximum atomic E-state index is 13.6. The fraction of sp³-hybridized carbons (Fsp3) is 0.219. The second kappa shape index (κ2) is 12.1. The molecule has 0 N–H and O–H groups in total. The molecule has 210 valence electrons. The van der Waals surface area contributed by atoms with Crippen LogP contribution < -0.4 is 15.0 Å². The highest BCUT2D eigenvalue weighted by molar-refractivity contribution is 9.13. The molecule has 5 rings (SSSR count). The van der Waals surface area contributed by atoms with E-state index in [9.17, 15) is 4.79 Å². The molecule has 6 nitrogen and oxygen atoms in total. The number of hydrogen-bond donors (Lipinski definition) is 0. The molecule has 0 amide bonds. The average Bonchev–Trinajstić information content (AvgIpc) is 2.94. The minimum Gasteiger partial charge on any atom is -0.490 e. The second-order valence-electron chi connectivity index (χ2n) is 10.5. The number of hydrogen-bond acceptors (Lipinski definition) is 5. The lowest BCUT2D eigenvalue weighted by Gasteiger charge is -2.21. The number of ether oxygens (including phenoxy) is 2. The summed E-state index contributed by atoms with van der Waals surface area (Å²) in [5, 5.41) is 7.42. The van der Waals surface area contributed by atoms with E-state index in [0.717, 1.165) is 25.3 Å². The maximum Gasteiger partial charge on any atom is 0.282 e. The van der Waals surface area contributed by atoms with Crippen molar-refractivity contribution in [3.63, 3.8) is 0 Å². The lowest BCUT2D eigenvalue weighted by molar-refractivity contribution is 0.268. The second-order valence-corrected chi connectivity index (χ2v) is 13.0. The maximum absolute atomic E-state index is 13.6. The van der Waals surface area contributed by atoms with Gasteiger partial charge in [0.2, 0.25) is 0 Å². The van der Waals surface area contributed by atoms with Crippen LogP contribution in [-0.2, 0) is 12.0 Å². The number of halogens is 3. The third kappa shape index (κ3) is 6.12. The van der Waals surface area contributed by atoms with Crippen molar-refractivity contribution in [2.24, 2.45) is 5.10 Å². The van der Waals surface area contributed by atoms with Crippen LogP contribution in [0.3, 0.4) is 0 Å². The van der Waals surface area contributed by atoms with Gasteiger partial charge in [0.05, 0.1) is 28.2 Å². The van der Waals surface area contributed by atoms with Crippen LogP contribution in [0.1, 0.15) is 44.6 Å². The largest absolute Gasteiger partial charge is 0.490 e. The summed E-state index contributed by atoms with van der Waals surface area (Å²) in [6, 6.07) is 21.8. The Morgan fingerprint density at radius 2 is 1.68 bits per heavy atom. The highest BCUT2D eigenvalue weighted by Gasteiger charge is 2.23. The summed E-state index contributed by atoms with van der Waals surface area (Å²) in [4.78, 5) is 18.4. The van der Waals surface area contributed by atoms with Crippen molar-refractivity contribution in [1.29, 1.82) is 0 Å². The number of rotatable bonds is 7. The van der Waals surface area contributed by atoms with Gasteiger partial charge in [0.1, 0.15) is 12.4 Å². The molecule has 0 atom stereocenters. The molecule has 0 aliphatic carbocycles. The molecular weight excluding hydrogens is 714 g/mol. The van der Waals surface area contributed by atoms with E-state index < -0.39 is 5.41 Å². The van der Waals surface area contributed by atoms with E-state index in [-0.39, 0.29) is 5.56 Å². The molecule has 0 aliphatic heterocycles. The number of aromatic nitrogens is 2. The summed E-state index contributed by atoms with van der Waals surface area (Å²) in [5.41, 5.74) is 1.74. The van der Waals surface area contributed by atoms with E-state index in [0.29, 0.717) is 51.5 Å². The predicted molar refractivity (Wildman–Crippen MR) is 177 cm³/mol. The molecule has 0 saturated carbocycles. The molecule has 41 heavy (non-hydrogen) atoms. The zero-order valence-electron chi connectivity index (χ0n) is 23.0. The summed E-state index contributed by atoms with van der Waals surface area (Å²) in [5.74, 6) is 1.70. The van der Waals surface area contributed by atoms with Crippen molar-refractivity contribution in [1.82, 2.24) is 9.66 Å². The van der Waals surface area contributed by atoms with Crippen LogP contribution in [0.4, 0.5) is 0 Å². The molecule has 0 unspecified atom stereocenters. The Morgan fingerprint density at radius 3 is 2.44 bits per heavy atom. The third-order valence-electron chi connectivity index (χ3n) is 6.50. The molecule has 1 aromatic heterocycles. The van der Waals surface area contributed by atoms with Gasteiger partial charge in [-0.2, -0.15) is 9.78 Å². The van der Waals surface area contributed by atoms with Crippen molar-refractivity contribution in [2.45, 2.75) is 39.7 Å². The van der Waals surface area contributed by atoms with Gasteiger partial charge in [-0.1, -0.05) is 79.2 Å². The number of nitrogens with zero attached hydrogens (tertiary/aromatic N) is 3. The Morgan fingerprint density at radius 1 is 0.927 bits per heavy atom. The minimum atomic E-state index is -0.425. The van der Waals surface area contributed by atoms with Crippen LogP contribution in [0, 0.1) is 0 Å². The summed E-state index contributed by atoms with van der Waals surface area (Å²) in [6.45, 7) is 8.76. The van der Waals surface area contributed by atoms with Crippen molar-refractivity contribution in [2.75, 3.05) is 6.61 Å². The highest BCUT2D eigenvalue weighted by Crippen LogP contribution is 2.43. The fourth-order valence-corrected chi connectivity index (χ4v) is 5.82. The molecule has 1 heterocycles. The van der Waals surface area contributed by atoms with Gasteiger partial charge in [0.25, 0.3) is 5.56 Å². The van der Waals surface area contributed by atoms with Gasteiger partial charge in [-0.3, -0.25) is 4.79 Å². The van der Waals surface area contributed by atoms with Gasteiger partial charge >= 0.3 is 0 Å². The number of fused-ring (bicyclic) bond motifs is 2. The normalized spacial score (nSPS) is 12.0. The molecule has 4 aromatic carbocycles. The summed E-state index contributed by atoms with van der Waals surface area (Å²) in [6.07, 6.45) is 1.63. The van der Waals surface area contributed by atoms with Crippen LogP contribution in [-0.4, -0.2) is 22.5 Å². The van der Waals surface area contributed by atoms with Crippen molar-refractivity contribution < 1.29 is 9.47 Å². The van der Waals surface area contributed by atoms with Crippen LogP contribution in [0.5, 0.6) is 11.5 Å². The van der Waals surface area contributed by atoms with E-state index in [2.05, 4.69) is 77.2 Å². The first-order valence-corrected chi connectivity index (χ1v) is 15.5. The summed E-state index contributed by atoms with van der Waals surface area (Å²) < 4.78 is 15.9. The quantitative estimate of drug-likeness (QED) is 0.156. The first-order chi connectivity index (χ1) is 19.6. The Bertz CT molecular complexity index is 1850. The Hall–Kier alpha value is -3.01. The molecular formula is C32H28Br3N3O3. The SMILES string of the molecule is CCOc1cc(C=Nn2c(C(C)(C)C)nc3ccc(Br)cc3c2=O)c(Br)c(Br)c1OCc1cccc2ccccc12. The van der Waals surface area contributed by atoms with Crippen molar-refractivity contribution in [3.8, 4) is 11.5 Å².